The van der Waals surface area contributed by atoms with E-state index in [1.165, 1.54) is 16.4 Å². The van der Waals surface area contributed by atoms with Gasteiger partial charge in [0.15, 0.2) is 6.61 Å². The number of aryl methyl sites for hydroxylation is 1. The molecule has 0 unspecified atom stereocenters. The number of hydrogen-bond donors (Lipinski definition) is 1. The maximum absolute atomic E-state index is 13.0. The molecule has 1 saturated heterocycles. The minimum absolute atomic E-state index is 0.127. The number of nitrogens with one attached hydrogen (secondary N) is 1. The molecular weight excluding hydrogens is 440 g/mol. The fourth-order valence-electron chi connectivity index (χ4n) is 3.41. The van der Waals surface area contributed by atoms with Crippen LogP contribution in [-0.4, -0.2) is 44.9 Å². The molecule has 1 aliphatic rings. The molecule has 0 atom stereocenters. The molecule has 1 heterocycles. The number of hydrogen-bond acceptors (Lipinski definition) is 5. The highest BCUT2D eigenvalue weighted by atomic mass is 35.5. The first kappa shape index (κ1) is 23.4. The molecular formula is C22H27ClN2O5S. The molecule has 9 heteroatoms. The molecule has 0 saturated carbocycles. The molecule has 7 nitrogen and oxygen atoms in total. The summed E-state index contributed by atoms with van der Waals surface area (Å²) in [4.78, 5) is 12.6. The summed E-state index contributed by atoms with van der Waals surface area (Å²) in [6.45, 7) is 4.80. The maximum atomic E-state index is 13.0. The van der Waals surface area contributed by atoms with Gasteiger partial charge in [0.05, 0.1) is 17.2 Å². The van der Waals surface area contributed by atoms with Crippen LogP contribution in [0.4, 0.5) is 5.69 Å². The molecule has 0 aromatic heterocycles. The fraction of sp³-hybridized carbons (Fsp3) is 0.409. The van der Waals surface area contributed by atoms with Gasteiger partial charge in [-0.05, 0) is 68.7 Å². The van der Waals surface area contributed by atoms with Gasteiger partial charge in [0.1, 0.15) is 11.5 Å². The van der Waals surface area contributed by atoms with Crippen molar-refractivity contribution in [1.82, 2.24) is 4.31 Å². The zero-order chi connectivity index (χ0) is 22.4. The highest BCUT2D eigenvalue weighted by Crippen LogP contribution is 2.30. The summed E-state index contributed by atoms with van der Waals surface area (Å²) >= 11 is 5.94. The van der Waals surface area contributed by atoms with Crippen LogP contribution in [0, 0.1) is 6.92 Å². The van der Waals surface area contributed by atoms with Crippen LogP contribution in [-0.2, 0) is 14.8 Å². The van der Waals surface area contributed by atoms with Gasteiger partial charge < -0.3 is 14.8 Å². The average Bonchev–Trinajstić information content (AvgIpc) is 2.75. The van der Waals surface area contributed by atoms with E-state index in [0.29, 0.717) is 41.9 Å². The van der Waals surface area contributed by atoms with E-state index < -0.39 is 15.9 Å². The number of ether oxygens (including phenoxy) is 2. The summed E-state index contributed by atoms with van der Waals surface area (Å²) in [6.07, 6.45) is 2.73. The Morgan fingerprint density at radius 2 is 1.77 bits per heavy atom. The number of sulfonamides is 1. The van der Waals surface area contributed by atoms with Crippen LogP contribution in [0.3, 0.4) is 0 Å². The number of nitrogens with zero attached hydrogens (tertiary/aromatic N) is 1. The van der Waals surface area contributed by atoms with Gasteiger partial charge in [-0.25, -0.2) is 8.42 Å². The number of amides is 1. The molecule has 1 fully saturated rings. The first-order valence-corrected chi connectivity index (χ1v) is 12.1. The van der Waals surface area contributed by atoms with E-state index in [-0.39, 0.29) is 11.5 Å². The number of piperidine rings is 1. The van der Waals surface area contributed by atoms with Gasteiger partial charge >= 0.3 is 0 Å². The van der Waals surface area contributed by atoms with E-state index in [1.807, 2.05) is 13.8 Å². The predicted molar refractivity (Wildman–Crippen MR) is 121 cm³/mol. The lowest BCUT2D eigenvalue weighted by Crippen LogP contribution is -2.35. The van der Waals surface area contributed by atoms with Crippen molar-refractivity contribution in [2.75, 3.05) is 31.6 Å². The lowest BCUT2D eigenvalue weighted by atomic mass is 10.2. The Morgan fingerprint density at radius 3 is 2.45 bits per heavy atom. The Hall–Kier alpha value is -2.29. The number of carbonyl (C=O) groups excluding carboxylic acids is 1. The average molecular weight is 467 g/mol. The van der Waals surface area contributed by atoms with Gasteiger partial charge in [0.25, 0.3) is 5.91 Å². The molecule has 168 valence electrons. The second kappa shape index (κ2) is 10.3. The molecule has 31 heavy (non-hydrogen) atoms. The summed E-state index contributed by atoms with van der Waals surface area (Å²) in [5.41, 5.74) is 1.10. The predicted octanol–water partition coefficient (Wildman–Crippen LogP) is 4.24. The molecule has 0 aliphatic carbocycles. The summed E-state index contributed by atoms with van der Waals surface area (Å²) < 4.78 is 38.7. The zero-order valence-electron chi connectivity index (χ0n) is 17.7. The van der Waals surface area contributed by atoms with E-state index in [1.54, 1.807) is 24.3 Å². The van der Waals surface area contributed by atoms with Crippen LogP contribution < -0.4 is 14.8 Å². The number of halogens is 1. The van der Waals surface area contributed by atoms with Gasteiger partial charge in [-0.15, -0.1) is 0 Å². The monoisotopic (exact) mass is 466 g/mol. The molecule has 1 aliphatic heterocycles. The van der Waals surface area contributed by atoms with Crippen molar-refractivity contribution >= 4 is 33.2 Å². The van der Waals surface area contributed by atoms with Crippen molar-refractivity contribution in [3.63, 3.8) is 0 Å². The number of anilines is 1. The van der Waals surface area contributed by atoms with Gasteiger partial charge in [0.2, 0.25) is 10.0 Å². The van der Waals surface area contributed by atoms with Crippen molar-refractivity contribution in [3.8, 4) is 11.5 Å². The van der Waals surface area contributed by atoms with E-state index in [9.17, 15) is 13.2 Å². The van der Waals surface area contributed by atoms with Gasteiger partial charge in [0, 0.05) is 18.1 Å². The molecule has 2 aromatic rings. The molecule has 3 rings (SSSR count). The molecule has 2 aromatic carbocycles. The summed E-state index contributed by atoms with van der Waals surface area (Å²) in [5, 5.41) is 3.30. The third-order valence-electron chi connectivity index (χ3n) is 4.97. The minimum atomic E-state index is -3.63. The van der Waals surface area contributed by atoms with Crippen LogP contribution in [0.15, 0.2) is 41.3 Å². The topological polar surface area (TPSA) is 84.9 Å². The molecule has 1 N–H and O–H groups in total. The van der Waals surface area contributed by atoms with Gasteiger partial charge in [-0.3, -0.25) is 4.79 Å². The minimum Gasteiger partial charge on any atom is -0.492 e. The van der Waals surface area contributed by atoms with E-state index in [0.717, 1.165) is 24.8 Å². The Balaban J connectivity index is 1.76. The van der Waals surface area contributed by atoms with E-state index in [4.69, 9.17) is 21.1 Å². The van der Waals surface area contributed by atoms with E-state index in [2.05, 4.69) is 5.32 Å². The third-order valence-corrected chi connectivity index (χ3v) is 7.10. The van der Waals surface area contributed by atoms with Crippen LogP contribution in [0.5, 0.6) is 11.5 Å². The second-order valence-electron chi connectivity index (χ2n) is 7.30. The van der Waals surface area contributed by atoms with Crippen LogP contribution in [0.1, 0.15) is 31.7 Å². The largest absolute Gasteiger partial charge is 0.492 e. The third kappa shape index (κ3) is 5.90. The lowest BCUT2D eigenvalue weighted by molar-refractivity contribution is -0.118. The van der Waals surface area contributed by atoms with Crippen molar-refractivity contribution in [1.29, 1.82) is 0 Å². The van der Waals surface area contributed by atoms with Gasteiger partial charge in [-0.2, -0.15) is 4.31 Å². The van der Waals surface area contributed by atoms with Gasteiger partial charge in [-0.1, -0.05) is 18.0 Å². The Labute approximate surface area is 188 Å². The highest BCUT2D eigenvalue weighted by Gasteiger charge is 2.27. The normalized spacial score (nSPS) is 14.8. The maximum Gasteiger partial charge on any atom is 0.262 e. The van der Waals surface area contributed by atoms with Crippen molar-refractivity contribution in [3.05, 3.63) is 47.0 Å². The Morgan fingerprint density at radius 1 is 1.06 bits per heavy atom. The Kier molecular flexibility index (Phi) is 7.80. The quantitative estimate of drug-likeness (QED) is 0.629. The smallest absolute Gasteiger partial charge is 0.262 e. The molecule has 0 bridgehead atoms. The fourth-order valence-corrected chi connectivity index (χ4v) is 5.18. The van der Waals surface area contributed by atoms with Crippen LogP contribution in [0.2, 0.25) is 5.02 Å². The molecule has 1 amide bonds. The number of benzene rings is 2. The number of carbonyl (C=O) groups is 1. The zero-order valence-corrected chi connectivity index (χ0v) is 19.3. The SMILES string of the molecule is CCOc1ccc(S(=O)(=O)N2CCCCC2)cc1NC(=O)COc1ccc(Cl)cc1C. The number of rotatable bonds is 8. The van der Waals surface area contributed by atoms with Crippen LogP contribution in [0.25, 0.3) is 0 Å². The van der Waals surface area contributed by atoms with E-state index >= 15 is 0 Å². The summed E-state index contributed by atoms with van der Waals surface area (Å²) in [7, 11) is -3.63. The standard InChI is InChI=1S/C22H27ClN2O5S/c1-3-29-21-10-8-18(31(27,28)25-11-5-4-6-12-25)14-19(21)24-22(26)15-30-20-9-7-17(23)13-16(20)2/h7-10,13-14H,3-6,11-12,15H2,1-2H3,(H,24,26). The lowest BCUT2D eigenvalue weighted by Gasteiger charge is -2.26. The first-order chi connectivity index (χ1) is 14.8. The van der Waals surface area contributed by atoms with Crippen LogP contribution >= 0.6 is 11.6 Å². The Bertz CT molecular complexity index is 1040. The highest BCUT2D eigenvalue weighted by molar-refractivity contribution is 7.89. The van der Waals surface area contributed by atoms with Crippen molar-refractivity contribution < 1.29 is 22.7 Å². The summed E-state index contributed by atoms with van der Waals surface area (Å²) in [5.74, 6) is 0.518. The molecule has 0 radical (unpaired) electrons. The first-order valence-electron chi connectivity index (χ1n) is 10.3. The van der Waals surface area contributed by atoms with Crippen molar-refractivity contribution in [2.24, 2.45) is 0 Å². The van der Waals surface area contributed by atoms with Crippen molar-refractivity contribution in [2.45, 2.75) is 38.0 Å². The molecule has 0 spiro atoms. The second-order valence-corrected chi connectivity index (χ2v) is 9.68. The summed E-state index contributed by atoms with van der Waals surface area (Å²) in [6, 6.07) is 9.65.